The van der Waals surface area contributed by atoms with Crippen molar-refractivity contribution < 1.29 is 21.2 Å². The second-order valence-corrected chi connectivity index (χ2v) is 13.3. The van der Waals surface area contributed by atoms with Crippen LogP contribution in [0, 0.1) is 0 Å². The predicted octanol–water partition coefficient (Wildman–Crippen LogP) is -0.373. The summed E-state index contributed by atoms with van der Waals surface area (Å²) < 4.78 is 2.14. The number of fused-ring (bicyclic) bond motifs is 1. The van der Waals surface area contributed by atoms with Crippen molar-refractivity contribution in [1.29, 1.82) is 0 Å². The van der Waals surface area contributed by atoms with Crippen LogP contribution >= 0.6 is 23.5 Å². The Hall–Kier alpha value is 1.39. The van der Waals surface area contributed by atoms with Gasteiger partial charge in [0.05, 0.1) is 0 Å². The molecule has 0 bridgehead atoms. The van der Waals surface area contributed by atoms with Gasteiger partial charge in [-0.1, -0.05) is 0 Å². The molecule has 78 valence electrons. The van der Waals surface area contributed by atoms with E-state index in [-0.39, 0.29) is 0 Å². The Morgan fingerprint density at radius 3 is 2.00 bits per heavy atom. The summed E-state index contributed by atoms with van der Waals surface area (Å²) in [5.74, 6) is 0. The van der Waals surface area contributed by atoms with Crippen LogP contribution in [0.4, 0.5) is 0 Å². The maximum atomic E-state index is 2.59. The summed E-state index contributed by atoms with van der Waals surface area (Å²) in [6.07, 6.45) is 0. The molecule has 4 heteroatoms. The zero-order valence-electron chi connectivity index (χ0n) is 8.63. The van der Waals surface area contributed by atoms with E-state index >= 15 is 0 Å². The van der Waals surface area contributed by atoms with Crippen LogP contribution in [0.15, 0.2) is 0 Å². The summed E-state index contributed by atoms with van der Waals surface area (Å²) in [5, 5.41) is 0. The summed E-state index contributed by atoms with van der Waals surface area (Å²) >= 11 is 4.94. The quantitative estimate of drug-likeness (QED) is 0.513. The Morgan fingerprint density at radius 2 is 1.62 bits per heavy atom. The van der Waals surface area contributed by atoms with Gasteiger partial charge in [-0.15, -0.1) is 0 Å². The number of rotatable bonds is 3. The molecule has 1 nitrogen and oxygen atoms in total. The summed E-state index contributed by atoms with van der Waals surface area (Å²) in [7, 11) is 0. The van der Waals surface area contributed by atoms with Crippen molar-refractivity contribution >= 4 is 23.5 Å². The predicted molar refractivity (Wildman–Crippen MR) is 58.7 cm³/mol. The molecule has 0 spiro atoms. The van der Waals surface area contributed by atoms with Gasteiger partial charge in [0.1, 0.15) is 0 Å². The molecule has 0 radical (unpaired) electrons. The molecule has 2 heterocycles. The van der Waals surface area contributed by atoms with Gasteiger partial charge in [0.2, 0.25) is 0 Å². The van der Waals surface area contributed by atoms with Crippen molar-refractivity contribution in [2.75, 3.05) is 13.1 Å². The first-order valence-electron chi connectivity index (χ1n) is 4.81. The molecule has 2 aliphatic heterocycles. The third kappa shape index (κ3) is 1.66. The van der Waals surface area contributed by atoms with Gasteiger partial charge in [0.15, 0.2) is 0 Å². The summed E-state index contributed by atoms with van der Waals surface area (Å²) in [5.41, 5.74) is 0. The Labute approximate surface area is 100 Å². The SMILES string of the molecule is CCN(CC)C1SC2(C)[I-][C@]2(C)S1. The van der Waals surface area contributed by atoms with E-state index in [1.54, 1.807) is 0 Å². The second-order valence-electron chi connectivity index (χ2n) is 3.69. The molecule has 2 unspecified atom stereocenters. The zero-order valence-corrected chi connectivity index (χ0v) is 12.4. The van der Waals surface area contributed by atoms with Crippen molar-refractivity contribution in [2.24, 2.45) is 0 Å². The van der Waals surface area contributed by atoms with Crippen molar-refractivity contribution in [1.82, 2.24) is 4.90 Å². The molecular weight excluding hydrogens is 313 g/mol. The first-order chi connectivity index (χ1) is 6.04. The molecular formula is C9H17INS2-. The van der Waals surface area contributed by atoms with E-state index in [1.165, 1.54) is 13.1 Å². The number of halogens is 1. The van der Waals surface area contributed by atoms with E-state index < -0.39 is 0 Å². The number of hydrogen-bond donors (Lipinski definition) is 0. The molecule has 0 saturated carbocycles. The third-order valence-corrected chi connectivity index (χ3v) is 13.3. The van der Waals surface area contributed by atoms with E-state index in [0.29, 0.717) is 26.7 Å². The topological polar surface area (TPSA) is 3.24 Å². The molecule has 3 atom stereocenters. The maximum absolute atomic E-state index is 2.59. The van der Waals surface area contributed by atoms with Crippen LogP contribution in [0.3, 0.4) is 0 Å². The zero-order chi connectivity index (χ0) is 9.69. The Kier molecular flexibility index (Phi) is 2.90. The molecule has 13 heavy (non-hydrogen) atoms. The second kappa shape index (κ2) is 3.46. The number of thioether (sulfide) groups is 2. The van der Waals surface area contributed by atoms with Crippen LogP contribution in [0.1, 0.15) is 27.7 Å². The fourth-order valence-corrected chi connectivity index (χ4v) is 13.7. The molecule has 0 amide bonds. The van der Waals surface area contributed by atoms with Gasteiger partial charge in [0.25, 0.3) is 0 Å². The molecule has 2 rings (SSSR count). The Balaban J connectivity index is 2.00. The molecule has 0 aromatic rings. The molecule has 2 fully saturated rings. The molecule has 0 N–H and O–H groups in total. The number of hydrogen-bond acceptors (Lipinski definition) is 3. The van der Waals surface area contributed by atoms with Gasteiger partial charge in [-0.25, -0.2) is 0 Å². The summed E-state index contributed by atoms with van der Waals surface area (Å²) in [6, 6.07) is 0. The van der Waals surface area contributed by atoms with E-state index in [1.807, 2.05) is 0 Å². The fourth-order valence-electron chi connectivity index (χ4n) is 1.65. The van der Waals surface area contributed by atoms with Crippen LogP contribution in [-0.2, 0) is 0 Å². The third-order valence-electron chi connectivity index (χ3n) is 2.88. The Bertz CT molecular complexity index is 206. The van der Waals surface area contributed by atoms with Gasteiger partial charge in [-0.3, -0.25) is 0 Å². The Morgan fingerprint density at radius 1 is 1.15 bits per heavy atom. The van der Waals surface area contributed by atoms with Crippen LogP contribution in [0.2, 0.25) is 0 Å². The van der Waals surface area contributed by atoms with Crippen LogP contribution in [0.5, 0.6) is 0 Å². The first-order valence-corrected chi connectivity index (χ1v) is 8.73. The summed E-state index contributed by atoms with van der Waals surface area (Å²) in [6.45, 7) is 11.9. The molecule has 0 aliphatic carbocycles. The summed E-state index contributed by atoms with van der Waals surface area (Å²) in [4.78, 5) is 2.59. The average molecular weight is 330 g/mol. The number of nitrogens with zero attached hydrogens (tertiary/aromatic N) is 1. The van der Waals surface area contributed by atoms with Crippen LogP contribution in [-0.4, -0.2) is 28.2 Å². The van der Waals surface area contributed by atoms with Crippen molar-refractivity contribution in [2.45, 2.75) is 37.9 Å². The molecule has 0 aromatic heterocycles. The van der Waals surface area contributed by atoms with Gasteiger partial charge in [-0.05, 0) is 0 Å². The van der Waals surface area contributed by atoms with E-state index in [4.69, 9.17) is 0 Å². The fraction of sp³-hybridized carbons (Fsp3) is 1.00. The van der Waals surface area contributed by atoms with E-state index in [0.717, 1.165) is 4.71 Å². The minimum atomic E-state index is 0.467. The van der Waals surface area contributed by atoms with Gasteiger partial charge >= 0.3 is 101 Å². The monoisotopic (exact) mass is 330 g/mol. The number of alkyl halides is 2. The molecule has 2 aliphatic rings. The minimum absolute atomic E-state index is 0.467. The molecule has 2 saturated heterocycles. The molecule has 0 aromatic carbocycles. The normalized spacial score (nSPS) is 48.8. The van der Waals surface area contributed by atoms with Crippen molar-refractivity contribution in [3.05, 3.63) is 0 Å². The van der Waals surface area contributed by atoms with Crippen molar-refractivity contribution in [3.8, 4) is 0 Å². The van der Waals surface area contributed by atoms with Gasteiger partial charge in [-0.2, -0.15) is 0 Å². The van der Waals surface area contributed by atoms with Crippen LogP contribution < -0.4 is 21.2 Å². The first kappa shape index (κ1) is 10.9. The standard InChI is InChI=1S/C9H17INS2/c1-5-11(6-2)7-12-8(3)9(4,10-8)13-7/h7H,5-6H2,1-4H3/q-1/t7?,8-,9?/m1/s1. The van der Waals surface area contributed by atoms with Gasteiger partial charge < -0.3 is 0 Å². The van der Waals surface area contributed by atoms with Crippen molar-refractivity contribution in [3.63, 3.8) is 0 Å². The average Bonchev–Trinajstić information content (AvgIpc) is 2.44. The van der Waals surface area contributed by atoms with E-state index in [9.17, 15) is 0 Å². The van der Waals surface area contributed by atoms with E-state index in [2.05, 4.69) is 56.1 Å². The van der Waals surface area contributed by atoms with Gasteiger partial charge in [0, 0.05) is 0 Å². The van der Waals surface area contributed by atoms with Crippen LogP contribution in [0.25, 0.3) is 0 Å².